The quantitative estimate of drug-likeness (QED) is 0.381. The summed E-state index contributed by atoms with van der Waals surface area (Å²) in [7, 11) is 3.88. The SMILES string of the molecule is COc1cc(C(c2c(O)c3cc(F)ccc3oc2=O)c2c(N)n(C)c(=O)n(C)c2=O)ccc1O. The van der Waals surface area contributed by atoms with Gasteiger partial charge in [0.2, 0.25) is 0 Å². The van der Waals surface area contributed by atoms with Crippen molar-refractivity contribution < 1.29 is 23.8 Å². The minimum absolute atomic E-state index is 0.0124. The Hall–Kier alpha value is -4.54. The molecule has 1 atom stereocenters. The van der Waals surface area contributed by atoms with Gasteiger partial charge in [-0.25, -0.2) is 14.0 Å². The molecule has 1 unspecified atom stereocenters. The van der Waals surface area contributed by atoms with Gasteiger partial charge >= 0.3 is 11.3 Å². The van der Waals surface area contributed by atoms with Crippen LogP contribution in [0.1, 0.15) is 22.6 Å². The molecule has 2 heterocycles. The Bertz CT molecular complexity index is 1640. The maximum Gasteiger partial charge on any atom is 0.344 e. The zero-order chi connectivity index (χ0) is 24.9. The van der Waals surface area contributed by atoms with E-state index < -0.39 is 39.9 Å². The van der Waals surface area contributed by atoms with Crippen LogP contribution in [0, 0.1) is 5.82 Å². The Morgan fingerprint density at radius 1 is 1.03 bits per heavy atom. The number of phenolic OH excluding ortho intramolecular Hbond substituents is 1. The predicted octanol–water partition coefficient (Wildman–Crippen LogP) is 1.51. The molecule has 0 spiro atoms. The highest BCUT2D eigenvalue weighted by atomic mass is 19.1. The van der Waals surface area contributed by atoms with Crippen LogP contribution < -0.4 is 27.3 Å². The second-order valence-electron chi connectivity index (χ2n) is 7.66. The van der Waals surface area contributed by atoms with Crippen molar-refractivity contribution in [3.63, 3.8) is 0 Å². The van der Waals surface area contributed by atoms with E-state index in [1.54, 1.807) is 0 Å². The van der Waals surface area contributed by atoms with E-state index >= 15 is 0 Å². The van der Waals surface area contributed by atoms with E-state index in [0.717, 1.165) is 21.3 Å². The third kappa shape index (κ3) is 3.38. The molecule has 0 aliphatic carbocycles. The van der Waals surface area contributed by atoms with Gasteiger partial charge in [-0.2, -0.15) is 0 Å². The zero-order valence-corrected chi connectivity index (χ0v) is 18.3. The highest BCUT2D eigenvalue weighted by Gasteiger charge is 2.32. The summed E-state index contributed by atoms with van der Waals surface area (Å²) < 4.78 is 26.2. The number of fused-ring (bicyclic) bond motifs is 1. The second-order valence-corrected chi connectivity index (χ2v) is 7.66. The molecule has 0 saturated heterocycles. The first kappa shape index (κ1) is 22.6. The summed E-state index contributed by atoms with van der Waals surface area (Å²) in [6, 6.07) is 7.23. The van der Waals surface area contributed by atoms with Crippen LogP contribution in [0.3, 0.4) is 0 Å². The number of methoxy groups -OCH3 is 1. The van der Waals surface area contributed by atoms with Gasteiger partial charge in [-0.15, -0.1) is 0 Å². The fourth-order valence-corrected chi connectivity index (χ4v) is 3.94. The van der Waals surface area contributed by atoms with E-state index in [-0.39, 0.29) is 39.4 Å². The van der Waals surface area contributed by atoms with Crippen molar-refractivity contribution in [2.75, 3.05) is 12.8 Å². The number of halogens is 1. The fraction of sp³-hybridized carbons (Fsp3) is 0.174. The number of hydrogen-bond donors (Lipinski definition) is 3. The summed E-state index contributed by atoms with van der Waals surface area (Å²) in [5.41, 5.74) is 3.13. The van der Waals surface area contributed by atoms with Gasteiger partial charge in [-0.3, -0.25) is 13.9 Å². The standard InChI is InChI=1S/C23H20FN3O7/c1-26-20(25)18(21(30)27(2)23(26)32)16(10-4-6-13(28)15(8-10)33-3)17-19(29)12-9-11(24)5-7-14(12)34-22(17)31/h4-9,16,28-29H,25H2,1-3H3. The lowest BCUT2D eigenvalue weighted by Gasteiger charge is -2.22. The minimum atomic E-state index is -1.37. The average molecular weight is 469 g/mol. The third-order valence-corrected chi connectivity index (χ3v) is 5.74. The minimum Gasteiger partial charge on any atom is -0.507 e. The molecule has 0 fully saturated rings. The maximum atomic E-state index is 13.9. The van der Waals surface area contributed by atoms with Crippen LogP contribution in [0.15, 0.2) is 55.2 Å². The van der Waals surface area contributed by atoms with Crippen LogP contribution in [-0.4, -0.2) is 26.5 Å². The molecule has 0 radical (unpaired) electrons. The fourth-order valence-electron chi connectivity index (χ4n) is 3.94. The van der Waals surface area contributed by atoms with Crippen molar-refractivity contribution in [3.05, 3.63) is 90.2 Å². The molecule has 0 amide bonds. The Labute approximate surface area is 190 Å². The molecule has 176 valence electrons. The molecular weight excluding hydrogens is 449 g/mol. The molecule has 2 aromatic carbocycles. The molecule has 34 heavy (non-hydrogen) atoms. The molecule has 4 aromatic rings. The van der Waals surface area contributed by atoms with E-state index in [4.69, 9.17) is 14.9 Å². The van der Waals surface area contributed by atoms with Crippen molar-refractivity contribution >= 4 is 16.8 Å². The zero-order valence-electron chi connectivity index (χ0n) is 18.3. The molecular formula is C23H20FN3O7. The van der Waals surface area contributed by atoms with E-state index in [1.165, 1.54) is 45.5 Å². The molecule has 0 aliphatic rings. The lowest BCUT2D eigenvalue weighted by atomic mass is 9.85. The van der Waals surface area contributed by atoms with Crippen LogP contribution in [0.25, 0.3) is 11.0 Å². The summed E-state index contributed by atoms with van der Waals surface area (Å²) in [5.74, 6) is -3.16. The van der Waals surface area contributed by atoms with Gasteiger partial charge in [0.05, 0.1) is 29.5 Å². The summed E-state index contributed by atoms with van der Waals surface area (Å²) in [6.45, 7) is 0. The summed E-state index contributed by atoms with van der Waals surface area (Å²) in [4.78, 5) is 38.7. The molecule has 4 rings (SSSR count). The lowest BCUT2D eigenvalue weighted by molar-refractivity contribution is 0.373. The molecule has 11 heteroatoms. The number of ether oxygens (including phenoxy) is 1. The number of anilines is 1. The van der Waals surface area contributed by atoms with Crippen LogP contribution >= 0.6 is 0 Å². The molecule has 0 bridgehead atoms. The average Bonchev–Trinajstić information content (AvgIpc) is 2.81. The smallest absolute Gasteiger partial charge is 0.344 e. The van der Waals surface area contributed by atoms with Crippen molar-refractivity contribution in [1.82, 2.24) is 9.13 Å². The maximum absolute atomic E-state index is 13.9. The van der Waals surface area contributed by atoms with Crippen LogP contribution in [0.5, 0.6) is 17.2 Å². The lowest BCUT2D eigenvalue weighted by Crippen LogP contribution is -2.41. The van der Waals surface area contributed by atoms with Crippen LogP contribution in [0.2, 0.25) is 0 Å². The topological polar surface area (TPSA) is 150 Å². The van der Waals surface area contributed by atoms with Crippen LogP contribution in [0.4, 0.5) is 10.2 Å². The van der Waals surface area contributed by atoms with Crippen molar-refractivity contribution in [1.29, 1.82) is 0 Å². The highest BCUT2D eigenvalue weighted by molar-refractivity contribution is 5.85. The number of aromatic hydroxyl groups is 2. The molecule has 4 N–H and O–H groups in total. The summed E-state index contributed by atoms with van der Waals surface area (Å²) >= 11 is 0. The van der Waals surface area contributed by atoms with Gasteiger partial charge < -0.3 is 25.1 Å². The molecule has 10 nitrogen and oxygen atoms in total. The monoisotopic (exact) mass is 469 g/mol. The summed E-state index contributed by atoms with van der Waals surface area (Å²) in [5, 5.41) is 21.0. The van der Waals surface area contributed by atoms with Crippen LogP contribution in [-0.2, 0) is 14.1 Å². The first-order valence-corrected chi connectivity index (χ1v) is 9.94. The number of rotatable bonds is 4. The first-order valence-electron chi connectivity index (χ1n) is 9.94. The van der Waals surface area contributed by atoms with E-state index in [9.17, 15) is 29.0 Å². The molecule has 0 aliphatic heterocycles. The van der Waals surface area contributed by atoms with Gasteiger partial charge in [0.15, 0.2) is 11.5 Å². The first-order chi connectivity index (χ1) is 16.1. The largest absolute Gasteiger partial charge is 0.507 e. The van der Waals surface area contributed by atoms with Gasteiger partial charge in [-0.1, -0.05) is 6.07 Å². The Balaban J connectivity index is 2.20. The highest BCUT2D eigenvalue weighted by Crippen LogP contribution is 2.41. The van der Waals surface area contributed by atoms with E-state index in [1.807, 2.05) is 0 Å². The Morgan fingerprint density at radius 2 is 1.74 bits per heavy atom. The Kier molecular flexibility index (Phi) is 5.40. The van der Waals surface area contributed by atoms with Gasteiger partial charge in [0, 0.05) is 14.1 Å². The number of phenols is 1. The number of nitrogens with two attached hydrogens (primary N) is 1. The summed E-state index contributed by atoms with van der Waals surface area (Å²) in [6.07, 6.45) is 0. The van der Waals surface area contributed by atoms with Crippen molar-refractivity contribution in [2.45, 2.75) is 5.92 Å². The number of nitrogen functional groups attached to an aromatic ring is 1. The van der Waals surface area contributed by atoms with E-state index in [0.29, 0.717) is 0 Å². The number of hydrogen-bond acceptors (Lipinski definition) is 8. The number of benzene rings is 2. The van der Waals surface area contributed by atoms with Crippen molar-refractivity contribution in [3.8, 4) is 17.2 Å². The predicted molar refractivity (Wildman–Crippen MR) is 121 cm³/mol. The van der Waals surface area contributed by atoms with Gasteiger partial charge in [0.1, 0.15) is 23.0 Å². The number of nitrogens with zero attached hydrogens (tertiary/aromatic N) is 2. The van der Waals surface area contributed by atoms with Crippen molar-refractivity contribution in [2.24, 2.45) is 14.1 Å². The van der Waals surface area contributed by atoms with Gasteiger partial charge in [-0.05, 0) is 35.9 Å². The molecule has 2 aromatic heterocycles. The normalized spacial score (nSPS) is 12.1. The number of aromatic nitrogens is 2. The van der Waals surface area contributed by atoms with Gasteiger partial charge in [0.25, 0.3) is 5.56 Å². The third-order valence-electron chi connectivity index (χ3n) is 5.74. The molecule has 0 saturated carbocycles. The Morgan fingerprint density at radius 3 is 2.41 bits per heavy atom. The second kappa shape index (κ2) is 8.10. The van der Waals surface area contributed by atoms with E-state index in [2.05, 4.69) is 0 Å².